The van der Waals surface area contributed by atoms with Gasteiger partial charge < -0.3 is 5.32 Å². The smallest absolute Gasteiger partial charge is 0.269 e. The van der Waals surface area contributed by atoms with E-state index < -0.39 is 0 Å². The van der Waals surface area contributed by atoms with Crippen molar-refractivity contribution in [1.82, 2.24) is 5.32 Å². The van der Waals surface area contributed by atoms with Crippen LogP contribution in [0.5, 0.6) is 0 Å². The summed E-state index contributed by atoms with van der Waals surface area (Å²) in [4.78, 5) is 10.2. The van der Waals surface area contributed by atoms with E-state index in [1.165, 1.54) is 0 Å². The summed E-state index contributed by atoms with van der Waals surface area (Å²) in [7, 11) is 0. The summed E-state index contributed by atoms with van der Waals surface area (Å²) in [5.74, 6) is 0. The van der Waals surface area contributed by atoms with E-state index in [0.717, 1.165) is 12.0 Å². The fourth-order valence-electron chi connectivity index (χ4n) is 1.66. The highest BCUT2D eigenvalue weighted by molar-refractivity contribution is 5.34. The Balaban J connectivity index is 2.76. The Morgan fingerprint density at radius 1 is 1.35 bits per heavy atom. The number of hydrogen-bond donors (Lipinski definition) is 1. The lowest BCUT2D eigenvalue weighted by atomic mass is 9.98. The third-order valence-corrected chi connectivity index (χ3v) is 3.10. The van der Waals surface area contributed by atoms with Crippen molar-refractivity contribution in [1.29, 1.82) is 0 Å². The van der Waals surface area contributed by atoms with Gasteiger partial charge in [-0.2, -0.15) is 0 Å². The lowest BCUT2D eigenvalue weighted by Gasteiger charge is -2.29. The van der Waals surface area contributed by atoms with E-state index in [4.69, 9.17) is 0 Å². The van der Waals surface area contributed by atoms with Crippen LogP contribution in [0.15, 0.2) is 24.3 Å². The number of nitrogens with one attached hydrogen (secondary N) is 1. The highest BCUT2D eigenvalue weighted by Crippen LogP contribution is 2.20. The van der Waals surface area contributed by atoms with Crippen molar-refractivity contribution in [2.24, 2.45) is 0 Å². The highest BCUT2D eigenvalue weighted by atomic mass is 16.6. The molecule has 1 unspecified atom stereocenters. The molecule has 0 saturated carbocycles. The number of nitrogens with zero attached hydrogens (tertiary/aromatic N) is 1. The minimum Gasteiger partial charge on any atom is -0.305 e. The summed E-state index contributed by atoms with van der Waals surface area (Å²) in [5, 5.41) is 14.0. The first-order valence-corrected chi connectivity index (χ1v) is 5.88. The SMILES string of the molecule is CCC(C)(C)NC(C)c1ccc([N+](=O)[O-])cc1. The summed E-state index contributed by atoms with van der Waals surface area (Å²) in [6.07, 6.45) is 1.03. The molecule has 0 amide bonds. The monoisotopic (exact) mass is 236 g/mol. The second-order valence-electron chi connectivity index (χ2n) is 4.95. The van der Waals surface area contributed by atoms with Gasteiger partial charge in [-0.05, 0) is 32.8 Å². The number of non-ortho nitro benzene ring substituents is 1. The van der Waals surface area contributed by atoms with E-state index in [9.17, 15) is 10.1 Å². The van der Waals surface area contributed by atoms with Crippen LogP contribution in [0.1, 0.15) is 45.7 Å². The van der Waals surface area contributed by atoms with Crippen molar-refractivity contribution < 1.29 is 4.92 Å². The molecule has 0 spiro atoms. The summed E-state index contributed by atoms with van der Waals surface area (Å²) in [6.45, 7) is 8.50. The van der Waals surface area contributed by atoms with Crippen LogP contribution in [-0.2, 0) is 0 Å². The maximum absolute atomic E-state index is 10.5. The van der Waals surface area contributed by atoms with Crippen LogP contribution in [0, 0.1) is 10.1 Å². The fraction of sp³-hybridized carbons (Fsp3) is 0.538. The normalized spacial score (nSPS) is 13.4. The molecular formula is C13H20N2O2. The van der Waals surface area contributed by atoms with E-state index in [1.54, 1.807) is 12.1 Å². The number of benzene rings is 1. The lowest BCUT2D eigenvalue weighted by molar-refractivity contribution is -0.384. The van der Waals surface area contributed by atoms with Gasteiger partial charge in [0.05, 0.1) is 4.92 Å². The largest absolute Gasteiger partial charge is 0.305 e. The van der Waals surface area contributed by atoms with Gasteiger partial charge in [-0.15, -0.1) is 0 Å². The van der Waals surface area contributed by atoms with E-state index in [1.807, 2.05) is 12.1 Å². The maximum atomic E-state index is 10.5. The zero-order chi connectivity index (χ0) is 13.1. The summed E-state index contributed by atoms with van der Waals surface area (Å²) < 4.78 is 0. The zero-order valence-corrected chi connectivity index (χ0v) is 10.9. The first-order chi connectivity index (χ1) is 7.85. The molecule has 0 radical (unpaired) electrons. The molecule has 0 saturated heterocycles. The van der Waals surface area contributed by atoms with Crippen LogP contribution < -0.4 is 5.32 Å². The van der Waals surface area contributed by atoms with Gasteiger partial charge in [0, 0.05) is 23.7 Å². The Kier molecular flexibility index (Phi) is 4.23. The van der Waals surface area contributed by atoms with Gasteiger partial charge in [-0.3, -0.25) is 10.1 Å². The molecule has 1 aromatic rings. The molecule has 4 heteroatoms. The molecule has 4 nitrogen and oxygen atoms in total. The van der Waals surface area contributed by atoms with Crippen molar-refractivity contribution >= 4 is 5.69 Å². The standard InChI is InChI=1S/C13H20N2O2/c1-5-13(3,4)14-10(2)11-6-8-12(9-7-11)15(16)17/h6-10,14H,5H2,1-4H3. The van der Waals surface area contributed by atoms with Gasteiger partial charge in [0.25, 0.3) is 5.69 Å². The molecule has 1 rings (SSSR count). The number of rotatable bonds is 5. The van der Waals surface area contributed by atoms with Crippen molar-refractivity contribution in [2.75, 3.05) is 0 Å². The Morgan fingerprint density at radius 2 is 1.88 bits per heavy atom. The van der Waals surface area contributed by atoms with E-state index in [2.05, 4.69) is 33.0 Å². The Labute approximate surface area is 102 Å². The third kappa shape index (κ3) is 3.82. The van der Waals surface area contributed by atoms with Crippen LogP contribution in [0.3, 0.4) is 0 Å². The predicted molar refractivity (Wildman–Crippen MR) is 69.0 cm³/mol. The molecule has 0 heterocycles. The van der Waals surface area contributed by atoms with Gasteiger partial charge in [0.1, 0.15) is 0 Å². The average molecular weight is 236 g/mol. The molecule has 0 aromatic heterocycles. The van der Waals surface area contributed by atoms with Gasteiger partial charge >= 0.3 is 0 Å². The average Bonchev–Trinajstić information content (AvgIpc) is 2.28. The van der Waals surface area contributed by atoms with Gasteiger partial charge in [0.2, 0.25) is 0 Å². The van der Waals surface area contributed by atoms with Crippen LogP contribution in [0.4, 0.5) is 5.69 Å². The summed E-state index contributed by atoms with van der Waals surface area (Å²) in [6, 6.07) is 6.90. The zero-order valence-electron chi connectivity index (χ0n) is 10.9. The summed E-state index contributed by atoms with van der Waals surface area (Å²) >= 11 is 0. The van der Waals surface area contributed by atoms with Crippen molar-refractivity contribution in [3.05, 3.63) is 39.9 Å². The molecule has 1 N–H and O–H groups in total. The minimum absolute atomic E-state index is 0.0706. The molecular weight excluding hydrogens is 216 g/mol. The molecule has 0 bridgehead atoms. The van der Waals surface area contributed by atoms with Crippen molar-refractivity contribution in [3.8, 4) is 0 Å². The molecule has 0 aliphatic heterocycles. The molecule has 0 aliphatic rings. The van der Waals surface area contributed by atoms with Gasteiger partial charge in [-0.1, -0.05) is 19.1 Å². The Hall–Kier alpha value is -1.42. The molecule has 1 atom stereocenters. The number of nitro benzene ring substituents is 1. The van der Waals surface area contributed by atoms with Crippen LogP contribution in [0.2, 0.25) is 0 Å². The van der Waals surface area contributed by atoms with E-state index >= 15 is 0 Å². The molecule has 0 fully saturated rings. The van der Waals surface area contributed by atoms with E-state index in [-0.39, 0.29) is 22.2 Å². The second-order valence-corrected chi connectivity index (χ2v) is 4.95. The molecule has 0 aliphatic carbocycles. The number of hydrogen-bond acceptors (Lipinski definition) is 3. The molecule has 1 aromatic carbocycles. The predicted octanol–water partition coefficient (Wildman–Crippen LogP) is 3.43. The van der Waals surface area contributed by atoms with Crippen LogP contribution in [-0.4, -0.2) is 10.5 Å². The van der Waals surface area contributed by atoms with Crippen LogP contribution >= 0.6 is 0 Å². The highest BCUT2D eigenvalue weighted by Gasteiger charge is 2.18. The van der Waals surface area contributed by atoms with E-state index in [0.29, 0.717) is 0 Å². The maximum Gasteiger partial charge on any atom is 0.269 e. The quantitative estimate of drug-likeness (QED) is 0.629. The van der Waals surface area contributed by atoms with Gasteiger partial charge in [0.15, 0.2) is 0 Å². The third-order valence-electron chi connectivity index (χ3n) is 3.10. The molecule has 17 heavy (non-hydrogen) atoms. The summed E-state index contributed by atoms with van der Waals surface area (Å²) in [5.41, 5.74) is 1.27. The first-order valence-electron chi connectivity index (χ1n) is 5.88. The number of nitro groups is 1. The van der Waals surface area contributed by atoms with Crippen LogP contribution in [0.25, 0.3) is 0 Å². The Morgan fingerprint density at radius 3 is 2.29 bits per heavy atom. The van der Waals surface area contributed by atoms with Crippen molar-refractivity contribution in [2.45, 2.75) is 45.7 Å². The van der Waals surface area contributed by atoms with Gasteiger partial charge in [-0.25, -0.2) is 0 Å². The lowest BCUT2D eigenvalue weighted by Crippen LogP contribution is -2.40. The Bertz CT molecular complexity index is 385. The topological polar surface area (TPSA) is 55.2 Å². The molecule has 94 valence electrons. The minimum atomic E-state index is -0.377. The second kappa shape index (κ2) is 5.27. The van der Waals surface area contributed by atoms with Crippen molar-refractivity contribution in [3.63, 3.8) is 0 Å². The fourth-order valence-corrected chi connectivity index (χ4v) is 1.66. The first kappa shape index (κ1) is 13.6.